The topological polar surface area (TPSA) is 55.2 Å². The SMILES string of the molecule is Cn1nc(CN(C2CCCC2)S(=O)(=O)Cc2ccccc2)c2c1CCC2. The van der Waals surface area contributed by atoms with Crippen LogP contribution in [0.2, 0.25) is 0 Å². The Labute approximate surface area is 156 Å². The summed E-state index contributed by atoms with van der Waals surface area (Å²) in [5, 5.41) is 4.67. The molecular formula is C20H27N3O2S. The largest absolute Gasteiger partial charge is 0.272 e. The standard InChI is InChI=1S/C20H27N3O2S/c1-22-20-13-7-12-18(20)19(21-22)14-23(17-10-5-6-11-17)26(24,25)15-16-8-3-2-4-9-16/h2-4,8-9,17H,5-7,10-15H2,1H3. The van der Waals surface area contributed by atoms with Crippen molar-refractivity contribution < 1.29 is 8.42 Å². The average Bonchev–Trinajstić information content (AvgIpc) is 3.33. The number of hydrogen-bond acceptors (Lipinski definition) is 3. The van der Waals surface area contributed by atoms with Gasteiger partial charge in [0, 0.05) is 18.8 Å². The third kappa shape index (κ3) is 3.45. The number of aromatic nitrogens is 2. The monoisotopic (exact) mass is 373 g/mol. The van der Waals surface area contributed by atoms with Crippen LogP contribution in [0, 0.1) is 0 Å². The number of fused-ring (bicyclic) bond motifs is 1. The summed E-state index contributed by atoms with van der Waals surface area (Å²) in [7, 11) is -1.40. The van der Waals surface area contributed by atoms with Crippen LogP contribution in [0.4, 0.5) is 0 Å². The molecule has 0 bridgehead atoms. The van der Waals surface area contributed by atoms with Gasteiger partial charge in [0.15, 0.2) is 0 Å². The number of aryl methyl sites for hydroxylation is 1. The minimum Gasteiger partial charge on any atom is -0.272 e. The smallest absolute Gasteiger partial charge is 0.218 e. The number of hydrogen-bond donors (Lipinski definition) is 0. The molecule has 2 aliphatic carbocycles. The Hall–Kier alpha value is -1.66. The maximum absolute atomic E-state index is 13.3. The maximum Gasteiger partial charge on any atom is 0.218 e. The Morgan fingerprint density at radius 2 is 1.85 bits per heavy atom. The Bertz CT molecular complexity index is 868. The first-order valence-electron chi connectivity index (χ1n) is 9.61. The van der Waals surface area contributed by atoms with E-state index in [1.165, 1.54) is 11.3 Å². The highest BCUT2D eigenvalue weighted by Crippen LogP contribution is 2.31. The maximum atomic E-state index is 13.3. The lowest BCUT2D eigenvalue weighted by atomic mass is 10.2. The van der Waals surface area contributed by atoms with Crippen molar-refractivity contribution in [1.29, 1.82) is 0 Å². The molecule has 26 heavy (non-hydrogen) atoms. The first-order valence-corrected chi connectivity index (χ1v) is 11.2. The van der Waals surface area contributed by atoms with Crippen LogP contribution in [-0.4, -0.2) is 28.5 Å². The molecule has 1 saturated carbocycles. The van der Waals surface area contributed by atoms with Crippen molar-refractivity contribution >= 4 is 10.0 Å². The van der Waals surface area contributed by atoms with E-state index in [0.717, 1.165) is 56.2 Å². The summed E-state index contributed by atoms with van der Waals surface area (Å²) in [6, 6.07) is 9.61. The zero-order valence-corrected chi connectivity index (χ0v) is 16.2. The first kappa shape index (κ1) is 17.7. The molecule has 0 N–H and O–H groups in total. The molecule has 5 nitrogen and oxygen atoms in total. The van der Waals surface area contributed by atoms with Gasteiger partial charge in [-0.15, -0.1) is 0 Å². The fraction of sp³-hybridized carbons (Fsp3) is 0.550. The van der Waals surface area contributed by atoms with E-state index in [0.29, 0.717) is 6.54 Å². The van der Waals surface area contributed by atoms with E-state index in [1.807, 2.05) is 42.1 Å². The van der Waals surface area contributed by atoms with Crippen LogP contribution in [0.25, 0.3) is 0 Å². The van der Waals surface area contributed by atoms with Crippen molar-refractivity contribution in [2.75, 3.05) is 0 Å². The van der Waals surface area contributed by atoms with Crippen molar-refractivity contribution in [3.63, 3.8) is 0 Å². The summed E-state index contributed by atoms with van der Waals surface area (Å²) in [5.74, 6) is 0.0688. The molecule has 1 heterocycles. The predicted octanol–water partition coefficient (Wildman–Crippen LogP) is 3.18. The molecule has 0 unspecified atom stereocenters. The second-order valence-electron chi connectivity index (χ2n) is 7.57. The Balaban J connectivity index is 1.63. The van der Waals surface area contributed by atoms with E-state index in [1.54, 1.807) is 4.31 Å². The zero-order valence-electron chi connectivity index (χ0n) is 15.4. The van der Waals surface area contributed by atoms with Gasteiger partial charge in [0.1, 0.15) is 0 Å². The highest BCUT2D eigenvalue weighted by atomic mass is 32.2. The Morgan fingerprint density at radius 3 is 2.58 bits per heavy atom. The van der Waals surface area contributed by atoms with Crippen molar-refractivity contribution in [1.82, 2.24) is 14.1 Å². The lowest BCUT2D eigenvalue weighted by molar-refractivity contribution is 0.311. The quantitative estimate of drug-likeness (QED) is 0.781. The van der Waals surface area contributed by atoms with E-state index >= 15 is 0 Å². The van der Waals surface area contributed by atoms with Gasteiger partial charge in [-0.1, -0.05) is 43.2 Å². The molecule has 2 aromatic rings. The van der Waals surface area contributed by atoms with E-state index < -0.39 is 10.0 Å². The van der Waals surface area contributed by atoms with Crippen LogP contribution in [-0.2, 0) is 42.2 Å². The summed E-state index contributed by atoms with van der Waals surface area (Å²) in [5.41, 5.74) is 4.38. The van der Waals surface area contributed by atoms with E-state index in [2.05, 4.69) is 5.10 Å². The lowest BCUT2D eigenvalue weighted by Gasteiger charge is -2.28. The lowest BCUT2D eigenvalue weighted by Crippen LogP contribution is -2.39. The van der Waals surface area contributed by atoms with Gasteiger partial charge in [-0.2, -0.15) is 9.40 Å². The summed E-state index contributed by atoms with van der Waals surface area (Å²) >= 11 is 0. The molecule has 0 radical (unpaired) electrons. The van der Waals surface area contributed by atoms with Crippen LogP contribution in [0.3, 0.4) is 0 Å². The normalized spacial score (nSPS) is 17.9. The van der Waals surface area contributed by atoms with Crippen molar-refractivity contribution in [3.05, 3.63) is 52.8 Å². The molecule has 1 aromatic carbocycles. The van der Waals surface area contributed by atoms with Gasteiger partial charge in [-0.3, -0.25) is 4.68 Å². The highest BCUT2D eigenvalue weighted by Gasteiger charge is 2.34. The van der Waals surface area contributed by atoms with E-state index in [4.69, 9.17) is 0 Å². The number of nitrogens with zero attached hydrogens (tertiary/aromatic N) is 3. The number of sulfonamides is 1. The summed E-state index contributed by atoms with van der Waals surface area (Å²) in [6.45, 7) is 0.420. The van der Waals surface area contributed by atoms with Crippen molar-refractivity contribution in [2.24, 2.45) is 7.05 Å². The molecule has 0 atom stereocenters. The summed E-state index contributed by atoms with van der Waals surface area (Å²) < 4.78 is 30.3. The molecule has 6 heteroatoms. The van der Waals surface area contributed by atoms with Crippen molar-refractivity contribution in [3.8, 4) is 0 Å². The van der Waals surface area contributed by atoms with Gasteiger partial charge < -0.3 is 0 Å². The number of benzene rings is 1. The number of rotatable bonds is 6. The van der Waals surface area contributed by atoms with E-state index in [9.17, 15) is 8.42 Å². The van der Waals surface area contributed by atoms with Crippen LogP contribution >= 0.6 is 0 Å². The van der Waals surface area contributed by atoms with Crippen LogP contribution in [0.5, 0.6) is 0 Å². The third-order valence-corrected chi connectivity index (χ3v) is 7.63. The van der Waals surface area contributed by atoms with Crippen LogP contribution in [0.1, 0.15) is 54.6 Å². The molecule has 0 spiro atoms. The molecule has 1 aromatic heterocycles. The van der Waals surface area contributed by atoms with Gasteiger partial charge in [0.05, 0.1) is 18.0 Å². The molecule has 140 valence electrons. The first-order chi connectivity index (χ1) is 12.5. The molecule has 2 aliphatic rings. The third-order valence-electron chi connectivity index (χ3n) is 5.79. The Morgan fingerprint density at radius 1 is 1.12 bits per heavy atom. The minimum absolute atomic E-state index is 0.0688. The van der Waals surface area contributed by atoms with Crippen LogP contribution < -0.4 is 0 Å². The molecular weight excluding hydrogens is 346 g/mol. The molecule has 0 saturated heterocycles. The van der Waals surface area contributed by atoms with Gasteiger partial charge in [0.25, 0.3) is 0 Å². The average molecular weight is 374 g/mol. The molecule has 1 fully saturated rings. The zero-order chi connectivity index (χ0) is 18.1. The summed E-state index contributed by atoms with van der Waals surface area (Å²) in [6.07, 6.45) is 7.37. The molecule has 0 aliphatic heterocycles. The van der Waals surface area contributed by atoms with Gasteiger partial charge in [-0.25, -0.2) is 8.42 Å². The van der Waals surface area contributed by atoms with Crippen LogP contribution in [0.15, 0.2) is 30.3 Å². The fourth-order valence-electron chi connectivity index (χ4n) is 4.49. The van der Waals surface area contributed by atoms with Gasteiger partial charge in [-0.05, 0) is 43.2 Å². The van der Waals surface area contributed by atoms with Gasteiger partial charge in [0.2, 0.25) is 10.0 Å². The molecule has 0 amide bonds. The molecule has 4 rings (SSSR count). The highest BCUT2D eigenvalue weighted by molar-refractivity contribution is 7.88. The van der Waals surface area contributed by atoms with Crippen molar-refractivity contribution in [2.45, 2.75) is 63.3 Å². The minimum atomic E-state index is -3.38. The second-order valence-corrected chi connectivity index (χ2v) is 9.50. The summed E-state index contributed by atoms with van der Waals surface area (Å²) in [4.78, 5) is 0. The van der Waals surface area contributed by atoms with Gasteiger partial charge >= 0.3 is 0 Å². The Kier molecular flexibility index (Phi) is 4.88. The second kappa shape index (κ2) is 7.16. The fourth-order valence-corrected chi connectivity index (χ4v) is 6.25. The van der Waals surface area contributed by atoms with E-state index in [-0.39, 0.29) is 11.8 Å². The predicted molar refractivity (Wildman–Crippen MR) is 102 cm³/mol.